The number of aromatic nitrogens is 4. The van der Waals surface area contributed by atoms with Gasteiger partial charge >= 0.3 is 0 Å². The molecule has 2 heterocycles. The zero-order valence-electron chi connectivity index (χ0n) is 18.1. The number of aryl methyl sites for hydroxylation is 2. The summed E-state index contributed by atoms with van der Waals surface area (Å²) in [6, 6.07) is 15.8. The highest BCUT2D eigenvalue weighted by atomic mass is 16.5. The standard InChI is InChI=1S/C23H28N6O2/c1-3-29-22(24-25-26-29)17-31-21-10-6-9-19(15-21)23(30)28-13-11-27(12-14-28)16-20-8-5-4-7-18(20)2/h4-10,15H,3,11-14,16-17H2,1-2H3. The lowest BCUT2D eigenvalue weighted by atomic mass is 10.1. The minimum absolute atomic E-state index is 0.0411. The Morgan fingerprint density at radius 3 is 2.65 bits per heavy atom. The van der Waals surface area contributed by atoms with E-state index < -0.39 is 0 Å². The predicted molar refractivity (Wildman–Crippen MR) is 117 cm³/mol. The fourth-order valence-corrected chi connectivity index (χ4v) is 3.76. The fourth-order valence-electron chi connectivity index (χ4n) is 3.76. The van der Waals surface area contributed by atoms with Crippen LogP contribution in [0.1, 0.15) is 34.2 Å². The molecule has 1 fully saturated rings. The number of ether oxygens (including phenoxy) is 1. The van der Waals surface area contributed by atoms with Crippen LogP contribution in [0, 0.1) is 6.92 Å². The molecule has 0 radical (unpaired) electrons. The number of hydrogen-bond acceptors (Lipinski definition) is 6. The van der Waals surface area contributed by atoms with Gasteiger partial charge in [0.15, 0.2) is 5.82 Å². The van der Waals surface area contributed by atoms with Gasteiger partial charge in [0, 0.05) is 44.8 Å². The van der Waals surface area contributed by atoms with Crippen molar-refractivity contribution in [1.29, 1.82) is 0 Å². The summed E-state index contributed by atoms with van der Waals surface area (Å²) in [5.74, 6) is 1.33. The number of hydrogen-bond donors (Lipinski definition) is 0. The molecule has 0 aliphatic carbocycles. The molecule has 1 amide bonds. The smallest absolute Gasteiger partial charge is 0.254 e. The SMILES string of the molecule is CCn1nnnc1COc1cccc(C(=O)N2CCN(Cc3ccccc3C)CC2)c1. The molecule has 0 unspecified atom stereocenters. The van der Waals surface area contributed by atoms with Crippen LogP contribution in [0.2, 0.25) is 0 Å². The van der Waals surface area contributed by atoms with E-state index in [1.54, 1.807) is 10.7 Å². The van der Waals surface area contributed by atoms with Crippen LogP contribution in [0.5, 0.6) is 5.75 Å². The molecule has 0 N–H and O–H groups in total. The van der Waals surface area contributed by atoms with Crippen LogP contribution in [0.3, 0.4) is 0 Å². The predicted octanol–water partition coefficient (Wildman–Crippen LogP) is 2.54. The molecule has 31 heavy (non-hydrogen) atoms. The third-order valence-corrected chi connectivity index (χ3v) is 5.67. The van der Waals surface area contributed by atoms with Crippen LogP contribution in [-0.4, -0.2) is 62.1 Å². The summed E-state index contributed by atoms with van der Waals surface area (Å²) in [6.07, 6.45) is 0. The summed E-state index contributed by atoms with van der Waals surface area (Å²) >= 11 is 0. The highest BCUT2D eigenvalue weighted by molar-refractivity contribution is 5.94. The van der Waals surface area contributed by atoms with Gasteiger partial charge in [0.25, 0.3) is 5.91 Å². The second-order valence-electron chi connectivity index (χ2n) is 7.72. The molecule has 0 spiro atoms. The molecular formula is C23H28N6O2. The highest BCUT2D eigenvalue weighted by Crippen LogP contribution is 2.18. The van der Waals surface area contributed by atoms with Crippen LogP contribution in [0.15, 0.2) is 48.5 Å². The maximum absolute atomic E-state index is 13.0. The van der Waals surface area contributed by atoms with E-state index in [9.17, 15) is 4.79 Å². The first-order chi connectivity index (χ1) is 15.1. The minimum Gasteiger partial charge on any atom is -0.486 e. The summed E-state index contributed by atoms with van der Waals surface area (Å²) in [7, 11) is 0. The largest absolute Gasteiger partial charge is 0.486 e. The first-order valence-electron chi connectivity index (χ1n) is 10.7. The summed E-state index contributed by atoms with van der Waals surface area (Å²) in [4.78, 5) is 17.3. The number of piperazine rings is 1. The summed E-state index contributed by atoms with van der Waals surface area (Å²) in [5.41, 5.74) is 3.30. The second kappa shape index (κ2) is 9.70. The number of amides is 1. The van der Waals surface area contributed by atoms with Crippen molar-refractivity contribution >= 4 is 5.91 Å². The highest BCUT2D eigenvalue weighted by Gasteiger charge is 2.22. The first-order valence-corrected chi connectivity index (χ1v) is 10.7. The molecule has 1 saturated heterocycles. The maximum Gasteiger partial charge on any atom is 0.254 e. The average molecular weight is 421 g/mol. The van der Waals surface area contributed by atoms with Gasteiger partial charge in [-0.25, -0.2) is 4.68 Å². The van der Waals surface area contributed by atoms with Gasteiger partial charge in [0.2, 0.25) is 0 Å². The Kier molecular flexibility index (Phi) is 6.57. The fraction of sp³-hybridized carbons (Fsp3) is 0.391. The van der Waals surface area contributed by atoms with Gasteiger partial charge in [-0.05, 0) is 53.6 Å². The van der Waals surface area contributed by atoms with E-state index in [1.807, 2.05) is 30.0 Å². The normalized spacial score (nSPS) is 14.6. The van der Waals surface area contributed by atoms with E-state index in [0.717, 1.165) is 32.7 Å². The Balaban J connectivity index is 1.32. The first kappa shape index (κ1) is 21.0. The summed E-state index contributed by atoms with van der Waals surface area (Å²) in [5, 5.41) is 11.5. The molecule has 3 aromatic rings. The number of tetrazole rings is 1. The molecule has 0 bridgehead atoms. The van der Waals surface area contributed by atoms with Crippen molar-refractivity contribution in [3.05, 3.63) is 71.0 Å². The van der Waals surface area contributed by atoms with Gasteiger partial charge in [-0.3, -0.25) is 9.69 Å². The molecule has 4 rings (SSSR count). The van der Waals surface area contributed by atoms with Crippen molar-refractivity contribution in [2.75, 3.05) is 26.2 Å². The van der Waals surface area contributed by atoms with E-state index in [2.05, 4.69) is 51.6 Å². The molecule has 1 aromatic heterocycles. The Hall–Kier alpha value is -3.26. The zero-order chi connectivity index (χ0) is 21.6. The Labute approximate surface area is 182 Å². The van der Waals surface area contributed by atoms with Crippen molar-refractivity contribution in [2.45, 2.75) is 33.5 Å². The van der Waals surface area contributed by atoms with Gasteiger partial charge in [-0.2, -0.15) is 0 Å². The van der Waals surface area contributed by atoms with Crippen LogP contribution in [0.25, 0.3) is 0 Å². The van der Waals surface area contributed by atoms with Crippen LogP contribution in [-0.2, 0) is 19.7 Å². The van der Waals surface area contributed by atoms with Crippen molar-refractivity contribution in [2.24, 2.45) is 0 Å². The molecule has 2 aromatic carbocycles. The van der Waals surface area contributed by atoms with Crippen LogP contribution < -0.4 is 4.74 Å². The maximum atomic E-state index is 13.0. The molecule has 1 aliphatic heterocycles. The number of carbonyl (C=O) groups excluding carboxylic acids is 1. The number of rotatable bonds is 7. The second-order valence-corrected chi connectivity index (χ2v) is 7.72. The molecule has 0 atom stereocenters. The van der Waals surface area contributed by atoms with E-state index in [4.69, 9.17) is 4.74 Å². The quantitative estimate of drug-likeness (QED) is 0.585. The molecule has 0 saturated carbocycles. The third kappa shape index (κ3) is 5.08. The minimum atomic E-state index is 0.0411. The van der Waals surface area contributed by atoms with E-state index in [-0.39, 0.29) is 12.5 Å². The lowest BCUT2D eigenvalue weighted by Crippen LogP contribution is -2.48. The van der Waals surface area contributed by atoms with Crippen molar-refractivity contribution in [3.8, 4) is 5.75 Å². The molecule has 1 aliphatic rings. The van der Waals surface area contributed by atoms with Crippen molar-refractivity contribution < 1.29 is 9.53 Å². The number of carbonyl (C=O) groups is 1. The van der Waals surface area contributed by atoms with E-state index in [1.165, 1.54) is 11.1 Å². The Morgan fingerprint density at radius 2 is 1.87 bits per heavy atom. The van der Waals surface area contributed by atoms with Crippen LogP contribution in [0.4, 0.5) is 0 Å². The monoisotopic (exact) mass is 420 g/mol. The van der Waals surface area contributed by atoms with Crippen LogP contribution >= 0.6 is 0 Å². The Morgan fingerprint density at radius 1 is 1.06 bits per heavy atom. The van der Waals surface area contributed by atoms with Gasteiger partial charge in [0.1, 0.15) is 12.4 Å². The van der Waals surface area contributed by atoms with Gasteiger partial charge in [0.05, 0.1) is 0 Å². The molecule has 162 valence electrons. The molecular weight excluding hydrogens is 392 g/mol. The van der Waals surface area contributed by atoms with Gasteiger partial charge in [-0.15, -0.1) is 5.10 Å². The summed E-state index contributed by atoms with van der Waals surface area (Å²) < 4.78 is 7.51. The zero-order valence-corrected chi connectivity index (χ0v) is 18.1. The number of nitrogens with zero attached hydrogens (tertiary/aromatic N) is 6. The number of benzene rings is 2. The van der Waals surface area contributed by atoms with Crippen molar-refractivity contribution in [3.63, 3.8) is 0 Å². The van der Waals surface area contributed by atoms with E-state index >= 15 is 0 Å². The molecule has 8 heteroatoms. The third-order valence-electron chi connectivity index (χ3n) is 5.67. The average Bonchev–Trinajstić information content (AvgIpc) is 3.27. The van der Waals surface area contributed by atoms with Gasteiger partial charge in [-0.1, -0.05) is 30.3 Å². The topological polar surface area (TPSA) is 76.4 Å². The Bertz CT molecular complexity index is 1030. The molecule has 8 nitrogen and oxygen atoms in total. The van der Waals surface area contributed by atoms with Crippen molar-refractivity contribution in [1.82, 2.24) is 30.0 Å². The lowest BCUT2D eigenvalue weighted by molar-refractivity contribution is 0.0627. The van der Waals surface area contributed by atoms with Gasteiger partial charge < -0.3 is 9.64 Å². The lowest BCUT2D eigenvalue weighted by Gasteiger charge is -2.35. The van der Waals surface area contributed by atoms with E-state index in [0.29, 0.717) is 23.7 Å². The summed E-state index contributed by atoms with van der Waals surface area (Å²) in [6.45, 7) is 9.17.